The zero-order valence-electron chi connectivity index (χ0n) is 11.3. The minimum Gasteiger partial charge on any atom is -0.409 e. The fourth-order valence-corrected chi connectivity index (χ4v) is 3.08. The van der Waals surface area contributed by atoms with E-state index in [2.05, 4.69) is 5.16 Å². The maximum Gasteiger partial charge on any atom is 0.236 e. The van der Waals surface area contributed by atoms with E-state index in [0.717, 1.165) is 25.7 Å². The van der Waals surface area contributed by atoms with Crippen LogP contribution in [0, 0.1) is 5.41 Å². The number of hydrogen-bond donors (Lipinski definition) is 2. The molecule has 1 aliphatic carbocycles. The van der Waals surface area contributed by atoms with Crippen molar-refractivity contribution < 1.29 is 14.7 Å². The van der Waals surface area contributed by atoms with Crippen molar-refractivity contribution in [1.29, 1.82) is 0 Å². The molecule has 0 aromatic carbocycles. The lowest BCUT2D eigenvalue weighted by atomic mass is 9.72. The number of amides is 1. The summed E-state index contributed by atoms with van der Waals surface area (Å²) in [4.78, 5) is 14.6. The molecule has 0 bridgehead atoms. The van der Waals surface area contributed by atoms with E-state index in [-0.39, 0.29) is 11.7 Å². The SMILES string of the molecule is NC(=NO)C1(C(=O)N2CCCOCC2)CCCCC1. The van der Waals surface area contributed by atoms with Crippen LogP contribution in [0.5, 0.6) is 0 Å². The second-order valence-electron chi connectivity index (χ2n) is 5.39. The lowest BCUT2D eigenvalue weighted by Crippen LogP contribution is -2.53. The van der Waals surface area contributed by atoms with E-state index in [1.54, 1.807) is 0 Å². The van der Waals surface area contributed by atoms with Crippen molar-refractivity contribution in [3.8, 4) is 0 Å². The van der Waals surface area contributed by atoms with Crippen LogP contribution in [-0.4, -0.2) is 48.2 Å². The molecule has 0 aromatic rings. The van der Waals surface area contributed by atoms with Crippen molar-refractivity contribution in [2.45, 2.75) is 38.5 Å². The van der Waals surface area contributed by atoms with Crippen LogP contribution >= 0.6 is 0 Å². The molecule has 1 aliphatic heterocycles. The molecule has 2 rings (SSSR count). The maximum atomic E-state index is 12.8. The van der Waals surface area contributed by atoms with Crippen LogP contribution in [0.1, 0.15) is 38.5 Å². The Labute approximate surface area is 113 Å². The van der Waals surface area contributed by atoms with Crippen LogP contribution in [0.15, 0.2) is 5.16 Å². The number of hydrogen-bond acceptors (Lipinski definition) is 4. The van der Waals surface area contributed by atoms with E-state index in [4.69, 9.17) is 15.7 Å². The highest BCUT2D eigenvalue weighted by Gasteiger charge is 2.46. The molecule has 6 heteroatoms. The second-order valence-corrected chi connectivity index (χ2v) is 5.39. The van der Waals surface area contributed by atoms with Gasteiger partial charge in [0.1, 0.15) is 5.41 Å². The zero-order chi connectivity index (χ0) is 13.7. The average molecular weight is 269 g/mol. The first-order valence-corrected chi connectivity index (χ1v) is 7.06. The van der Waals surface area contributed by atoms with Gasteiger partial charge in [-0.05, 0) is 19.3 Å². The maximum absolute atomic E-state index is 12.8. The quantitative estimate of drug-likeness (QED) is 0.338. The summed E-state index contributed by atoms with van der Waals surface area (Å²) in [5.74, 6) is 0.0790. The molecule has 0 atom stereocenters. The van der Waals surface area contributed by atoms with E-state index in [9.17, 15) is 4.79 Å². The Balaban J connectivity index is 2.19. The van der Waals surface area contributed by atoms with Gasteiger partial charge in [0.15, 0.2) is 5.84 Å². The number of ether oxygens (including phenoxy) is 1. The van der Waals surface area contributed by atoms with Gasteiger partial charge < -0.3 is 20.6 Å². The van der Waals surface area contributed by atoms with Crippen LogP contribution in [0.2, 0.25) is 0 Å². The number of rotatable bonds is 2. The van der Waals surface area contributed by atoms with Gasteiger partial charge in [0.2, 0.25) is 5.91 Å². The van der Waals surface area contributed by atoms with Crippen LogP contribution in [0.3, 0.4) is 0 Å². The second kappa shape index (κ2) is 6.23. The summed E-state index contributed by atoms with van der Waals surface area (Å²) in [6, 6.07) is 0. The molecule has 1 saturated carbocycles. The zero-order valence-corrected chi connectivity index (χ0v) is 11.3. The van der Waals surface area contributed by atoms with Crippen LogP contribution < -0.4 is 5.73 Å². The molecule has 1 heterocycles. The van der Waals surface area contributed by atoms with E-state index in [0.29, 0.717) is 39.1 Å². The van der Waals surface area contributed by atoms with E-state index < -0.39 is 5.41 Å². The summed E-state index contributed by atoms with van der Waals surface area (Å²) in [7, 11) is 0. The normalized spacial score (nSPS) is 24.8. The Morgan fingerprint density at radius 1 is 1.16 bits per heavy atom. The van der Waals surface area contributed by atoms with E-state index in [1.165, 1.54) is 0 Å². The number of carbonyl (C=O) groups is 1. The monoisotopic (exact) mass is 269 g/mol. The van der Waals surface area contributed by atoms with E-state index >= 15 is 0 Å². The van der Waals surface area contributed by atoms with Gasteiger partial charge in [-0.25, -0.2) is 0 Å². The van der Waals surface area contributed by atoms with Gasteiger partial charge in [0.25, 0.3) is 0 Å². The number of oxime groups is 1. The van der Waals surface area contributed by atoms with Crippen LogP contribution in [0.4, 0.5) is 0 Å². The molecule has 2 fully saturated rings. The van der Waals surface area contributed by atoms with Crippen molar-refractivity contribution in [3.05, 3.63) is 0 Å². The number of carbonyl (C=O) groups excluding carboxylic acids is 1. The summed E-state index contributed by atoms with van der Waals surface area (Å²) in [6.45, 7) is 2.55. The topological polar surface area (TPSA) is 88.2 Å². The molecule has 108 valence electrons. The van der Waals surface area contributed by atoms with Crippen molar-refractivity contribution in [3.63, 3.8) is 0 Å². The minimum atomic E-state index is -0.794. The summed E-state index contributed by atoms with van der Waals surface area (Å²) in [6.07, 6.45) is 5.21. The Bertz CT molecular complexity index is 343. The molecule has 1 saturated heterocycles. The summed E-state index contributed by atoms with van der Waals surface area (Å²) < 4.78 is 5.38. The lowest BCUT2D eigenvalue weighted by Gasteiger charge is -2.38. The minimum absolute atomic E-state index is 0.00741. The number of nitrogens with two attached hydrogens (primary N) is 1. The Morgan fingerprint density at radius 3 is 2.58 bits per heavy atom. The van der Waals surface area contributed by atoms with Crippen LogP contribution in [-0.2, 0) is 9.53 Å². The number of amidine groups is 1. The van der Waals surface area contributed by atoms with Crippen molar-refractivity contribution in [1.82, 2.24) is 4.90 Å². The average Bonchev–Trinajstić information content (AvgIpc) is 2.75. The van der Waals surface area contributed by atoms with Crippen molar-refractivity contribution in [2.24, 2.45) is 16.3 Å². The predicted molar refractivity (Wildman–Crippen MR) is 70.9 cm³/mol. The highest BCUT2D eigenvalue weighted by molar-refractivity contribution is 6.06. The first kappa shape index (κ1) is 14.1. The molecule has 19 heavy (non-hydrogen) atoms. The first-order chi connectivity index (χ1) is 9.20. The first-order valence-electron chi connectivity index (χ1n) is 7.06. The smallest absolute Gasteiger partial charge is 0.236 e. The van der Waals surface area contributed by atoms with Crippen molar-refractivity contribution >= 4 is 11.7 Å². The highest BCUT2D eigenvalue weighted by Crippen LogP contribution is 2.38. The van der Waals surface area contributed by atoms with E-state index in [1.807, 2.05) is 4.90 Å². The van der Waals surface area contributed by atoms with Gasteiger partial charge in [-0.15, -0.1) is 0 Å². The Morgan fingerprint density at radius 2 is 1.89 bits per heavy atom. The van der Waals surface area contributed by atoms with Gasteiger partial charge in [-0.3, -0.25) is 4.79 Å². The third kappa shape index (κ3) is 2.83. The summed E-state index contributed by atoms with van der Waals surface area (Å²) in [5.41, 5.74) is 5.06. The molecular formula is C13H23N3O3. The molecule has 0 aromatic heterocycles. The van der Waals surface area contributed by atoms with Gasteiger partial charge in [-0.1, -0.05) is 24.4 Å². The van der Waals surface area contributed by atoms with Gasteiger partial charge in [0.05, 0.1) is 6.61 Å². The predicted octanol–water partition coefficient (Wildman–Crippen LogP) is 0.932. The van der Waals surface area contributed by atoms with Gasteiger partial charge in [0, 0.05) is 19.7 Å². The lowest BCUT2D eigenvalue weighted by molar-refractivity contribution is -0.140. The van der Waals surface area contributed by atoms with Gasteiger partial charge in [-0.2, -0.15) is 0 Å². The third-order valence-electron chi connectivity index (χ3n) is 4.22. The summed E-state index contributed by atoms with van der Waals surface area (Å²) >= 11 is 0. The molecule has 0 radical (unpaired) electrons. The summed E-state index contributed by atoms with van der Waals surface area (Å²) in [5, 5.41) is 12.2. The van der Waals surface area contributed by atoms with Gasteiger partial charge >= 0.3 is 0 Å². The van der Waals surface area contributed by atoms with Crippen LogP contribution in [0.25, 0.3) is 0 Å². The van der Waals surface area contributed by atoms with Crippen molar-refractivity contribution in [2.75, 3.05) is 26.3 Å². The fraction of sp³-hybridized carbons (Fsp3) is 0.846. The number of nitrogens with zero attached hydrogens (tertiary/aromatic N) is 2. The largest absolute Gasteiger partial charge is 0.409 e. The Kier molecular flexibility index (Phi) is 4.63. The fourth-order valence-electron chi connectivity index (χ4n) is 3.08. The third-order valence-corrected chi connectivity index (χ3v) is 4.22. The molecule has 0 spiro atoms. The molecule has 1 amide bonds. The Hall–Kier alpha value is -1.30. The molecule has 2 aliphatic rings. The standard InChI is InChI=1S/C13H23N3O3/c14-11(15-18)13(5-2-1-3-6-13)12(17)16-7-4-9-19-10-8-16/h18H,1-10H2,(H2,14,15). The molecule has 6 nitrogen and oxygen atoms in total. The highest BCUT2D eigenvalue weighted by atomic mass is 16.5. The molecule has 0 unspecified atom stereocenters. The molecule has 3 N–H and O–H groups in total. The molecular weight excluding hydrogens is 246 g/mol.